The van der Waals surface area contributed by atoms with Crippen molar-refractivity contribution in [3.63, 3.8) is 0 Å². The maximum Gasteiger partial charge on any atom is 0.367 e. The molecule has 0 aliphatic carbocycles. The van der Waals surface area contributed by atoms with Crippen molar-refractivity contribution in [2.24, 2.45) is 0 Å². The Kier molecular flexibility index (Phi) is 3.60. The van der Waals surface area contributed by atoms with Gasteiger partial charge in [-0.3, -0.25) is 0 Å². The lowest BCUT2D eigenvalue weighted by Gasteiger charge is -2.06. The van der Waals surface area contributed by atoms with Crippen LogP contribution in [0.2, 0.25) is 0 Å². The summed E-state index contributed by atoms with van der Waals surface area (Å²) in [6.07, 6.45) is 0. The molecule has 3 nitrogen and oxygen atoms in total. The predicted molar refractivity (Wildman–Crippen MR) is 65.2 cm³/mol. The highest BCUT2D eigenvalue weighted by Gasteiger charge is 2.01. The van der Waals surface area contributed by atoms with Crippen molar-refractivity contribution in [3.05, 3.63) is 42.5 Å². The number of hydrogen-bond donors (Lipinski definition) is 0. The quantitative estimate of drug-likeness (QED) is 0.760. The Bertz CT molecular complexity index is 510. The van der Waals surface area contributed by atoms with Gasteiger partial charge in [0.25, 0.3) is 0 Å². The standard InChI is InChI=1S/C12H13O3P/c1-2-14-16(13)15-12-8-7-10-5-3-4-6-11(10)9-12/h3-9,16H,2H2,1H3. The van der Waals surface area contributed by atoms with Crippen LogP contribution in [0.1, 0.15) is 6.92 Å². The third-order valence-corrected chi connectivity index (χ3v) is 3.11. The Morgan fingerprint density at radius 3 is 2.62 bits per heavy atom. The summed E-state index contributed by atoms with van der Waals surface area (Å²) >= 11 is 0. The third kappa shape index (κ3) is 2.63. The molecule has 0 bridgehead atoms. The summed E-state index contributed by atoms with van der Waals surface area (Å²) in [5.41, 5.74) is 0. The third-order valence-electron chi connectivity index (χ3n) is 2.18. The van der Waals surface area contributed by atoms with E-state index in [2.05, 4.69) is 0 Å². The van der Waals surface area contributed by atoms with Gasteiger partial charge in [-0.25, -0.2) is 4.57 Å². The van der Waals surface area contributed by atoms with Crippen LogP contribution in [0, 0.1) is 0 Å². The SMILES string of the molecule is CCO[PH](=O)Oc1ccc2ccccc2c1. The van der Waals surface area contributed by atoms with Gasteiger partial charge in [-0.1, -0.05) is 30.3 Å². The van der Waals surface area contributed by atoms with Gasteiger partial charge in [-0.2, -0.15) is 0 Å². The molecule has 0 aliphatic heterocycles. The van der Waals surface area contributed by atoms with E-state index in [9.17, 15) is 4.57 Å². The lowest BCUT2D eigenvalue weighted by atomic mass is 10.1. The van der Waals surface area contributed by atoms with E-state index in [-0.39, 0.29) is 0 Å². The van der Waals surface area contributed by atoms with E-state index in [0.29, 0.717) is 12.4 Å². The molecule has 0 amide bonds. The molecular weight excluding hydrogens is 223 g/mol. The second-order valence-corrected chi connectivity index (χ2v) is 4.29. The number of benzene rings is 2. The van der Waals surface area contributed by atoms with Crippen LogP contribution < -0.4 is 4.52 Å². The van der Waals surface area contributed by atoms with Gasteiger partial charge in [0, 0.05) is 0 Å². The summed E-state index contributed by atoms with van der Waals surface area (Å²) in [4.78, 5) is 0. The highest BCUT2D eigenvalue weighted by atomic mass is 31.1. The molecule has 0 spiro atoms. The Hall–Kier alpha value is -1.31. The summed E-state index contributed by atoms with van der Waals surface area (Å²) in [7, 11) is -2.41. The number of hydrogen-bond acceptors (Lipinski definition) is 3. The van der Waals surface area contributed by atoms with Crippen LogP contribution in [0.5, 0.6) is 5.75 Å². The molecule has 2 rings (SSSR count). The highest BCUT2D eigenvalue weighted by Crippen LogP contribution is 2.29. The van der Waals surface area contributed by atoms with Crippen LogP contribution in [-0.4, -0.2) is 6.61 Å². The second kappa shape index (κ2) is 5.15. The zero-order valence-corrected chi connectivity index (χ0v) is 9.97. The minimum Gasteiger partial charge on any atom is -0.426 e. The molecule has 0 heterocycles. The Labute approximate surface area is 94.9 Å². The van der Waals surface area contributed by atoms with Crippen molar-refractivity contribution < 1.29 is 13.6 Å². The van der Waals surface area contributed by atoms with E-state index < -0.39 is 8.25 Å². The van der Waals surface area contributed by atoms with Gasteiger partial charge in [0.2, 0.25) is 0 Å². The van der Waals surface area contributed by atoms with E-state index >= 15 is 0 Å². The topological polar surface area (TPSA) is 35.5 Å². The van der Waals surface area contributed by atoms with Crippen LogP contribution in [0.3, 0.4) is 0 Å². The van der Waals surface area contributed by atoms with Gasteiger partial charge in [-0.05, 0) is 29.8 Å². The average Bonchev–Trinajstić information content (AvgIpc) is 2.29. The first kappa shape index (κ1) is 11.2. The molecule has 0 aliphatic rings. The van der Waals surface area contributed by atoms with Gasteiger partial charge in [0.15, 0.2) is 0 Å². The fourth-order valence-electron chi connectivity index (χ4n) is 1.47. The van der Waals surface area contributed by atoms with E-state index in [0.717, 1.165) is 10.8 Å². The summed E-state index contributed by atoms with van der Waals surface area (Å²) < 4.78 is 21.4. The highest BCUT2D eigenvalue weighted by molar-refractivity contribution is 7.33. The normalized spacial score (nSPS) is 12.6. The molecular formula is C12H13O3P. The van der Waals surface area contributed by atoms with Gasteiger partial charge in [0.05, 0.1) is 6.61 Å². The Balaban J connectivity index is 2.22. The molecule has 1 unspecified atom stereocenters. The second-order valence-electron chi connectivity index (χ2n) is 3.29. The maximum atomic E-state index is 11.3. The maximum absolute atomic E-state index is 11.3. The van der Waals surface area contributed by atoms with E-state index in [1.54, 1.807) is 13.0 Å². The fraction of sp³-hybridized carbons (Fsp3) is 0.167. The van der Waals surface area contributed by atoms with Crippen molar-refractivity contribution in [2.75, 3.05) is 6.61 Å². The summed E-state index contributed by atoms with van der Waals surface area (Å²) in [6, 6.07) is 13.5. The molecule has 0 aromatic heterocycles. The number of rotatable bonds is 4. The largest absolute Gasteiger partial charge is 0.426 e. The minimum atomic E-state index is -2.41. The van der Waals surface area contributed by atoms with E-state index in [1.165, 1.54) is 0 Å². The summed E-state index contributed by atoms with van der Waals surface area (Å²) in [6.45, 7) is 2.18. The monoisotopic (exact) mass is 236 g/mol. The lowest BCUT2D eigenvalue weighted by molar-refractivity contribution is 0.302. The average molecular weight is 236 g/mol. The van der Waals surface area contributed by atoms with Crippen molar-refractivity contribution in [3.8, 4) is 5.75 Å². The molecule has 84 valence electrons. The van der Waals surface area contributed by atoms with Crippen LogP contribution in [0.4, 0.5) is 0 Å². The zero-order chi connectivity index (χ0) is 11.4. The van der Waals surface area contributed by atoms with Crippen LogP contribution >= 0.6 is 8.25 Å². The van der Waals surface area contributed by atoms with E-state index in [4.69, 9.17) is 9.05 Å². The predicted octanol–water partition coefficient (Wildman–Crippen LogP) is 3.64. The minimum absolute atomic E-state index is 0.394. The Morgan fingerprint density at radius 2 is 1.88 bits per heavy atom. The van der Waals surface area contributed by atoms with Crippen LogP contribution in [0.25, 0.3) is 10.8 Å². The van der Waals surface area contributed by atoms with Gasteiger partial charge < -0.3 is 9.05 Å². The molecule has 16 heavy (non-hydrogen) atoms. The van der Waals surface area contributed by atoms with Crippen LogP contribution in [-0.2, 0) is 9.09 Å². The van der Waals surface area contributed by atoms with Gasteiger partial charge in [0.1, 0.15) is 5.75 Å². The number of fused-ring (bicyclic) bond motifs is 1. The molecule has 4 heteroatoms. The van der Waals surface area contributed by atoms with Crippen molar-refractivity contribution in [1.29, 1.82) is 0 Å². The van der Waals surface area contributed by atoms with E-state index in [1.807, 2.05) is 36.4 Å². The van der Waals surface area contributed by atoms with Crippen LogP contribution in [0.15, 0.2) is 42.5 Å². The van der Waals surface area contributed by atoms with Crippen molar-refractivity contribution in [1.82, 2.24) is 0 Å². The molecule has 0 radical (unpaired) electrons. The summed E-state index contributed by atoms with van der Waals surface area (Å²) in [5.74, 6) is 0.580. The van der Waals surface area contributed by atoms with Crippen molar-refractivity contribution in [2.45, 2.75) is 6.92 Å². The van der Waals surface area contributed by atoms with Crippen molar-refractivity contribution >= 4 is 19.0 Å². The molecule has 0 fully saturated rings. The molecule has 0 saturated carbocycles. The molecule has 0 saturated heterocycles. The molecule has 0 N–H and O–H groups in total. The first-order chi connectivity index (χ1) is 7.79. The van der Waals surface area contributed by atoms with Gasteiger partial charge >= 0.3 is 8.25 Å². The lowest BCUT2D eigenvalue weighted by Crippen LogP contribution is -1.86. The summed E-state index contributed by atoms with van der Waals surface area (Å²) in [5, 5.41) is 2.19. The molecule has 1 atom stereocenters. The first-order valence-corrected chi connectivity index (χ1v) is 6.35. The zero-order valence-electron chi connectivity index (χ0n) is 8.97. The smallest absolute Gasteiger partial charge is 0.367 e. The molecule has 2 aromatic carbocycles. The molecule has 2 aromatic rings. The first-order valence-electron chi connectivity index (χ1n) is 5.13. The Morgan fingerprint density at radius 1 is 1.12 bits per heavy atom. The van der Waals surface area contributed by atoms with Gasteiger partial charge in [-0.15, -0.1) is 0 Å². The fourth-order valence-corrected chi connectivity index (χ4v) is 2.09.